The molecule has 1 aromatic rings. The summed E-state index contributed by atoms with van der Waals surface area (Å²) in [7, 11) is 0. The van der Waals surface area contributed by atoms with Crippen LogP contribution >= 0.6 is 0 Å². The standard InChI is InChI=1S/C28H46O4/c1-4-6-8-10-11-12-13-14-15-17-22-31-27(29)25-20-18-21-26(23-25)28(30)32-24(3)19-16-9-7-5-2/h18,20-21,23-24H,4-17,19,22H2,1-3H3. The largest absolute Gasteiger partial charge is 0.462 e. The molecule has 0 radical (unpaired) electrons. The van der Waals surface area contributed by atoms with Crippen LogP contribution in [0.3, 0.4) is 0 Å². The highest BCUT2D eigenvalue weighted by Gasteiger charge is 2.15. The van der Waals surface area contributed by atoms with E-state index in [9.17, 15) is 9.59 Å². The van der Waals surface area contributed by atoms with Crippen molar-refractivity contribution in [3.63, 3.8) is 0 Å². The minimum atomic E-state index is -0.377. The van der Waals surface area contributed by atoms with Gasteiger partial charge in [-0.2, -0.15) is 0 Å². The van der Waals surface area contributed by atoms with Crippen LogP contribution in [-0.4, -0.2) is 24.6 Å². The van der Waals surface area contributed by atoms with Crippen LogP contribution in [0, 0.1) is 0 Å². The van der Waals surface area contributed by atoms with Gasteiger partial charge in [-0.1, -0.05) is 97.0 Å². The summed E-state index contributed by atoms with van der Waals surface area (Å²) < 4.78 is 10.9. The molecule has 0 amide bonds. The van der Waals surface area contributed by atoms with E-state index in [1.54, 1.807) is 24.3 Å². The van der Waals surface area contributed by atoms with Crippen molar-refractivity contribution in [2.45, 2.75) is 123 Å². The number of rotatable bonds is 19. The molecule has 0 fully saturated rings. The van der Waals surface area contributed by atoms with Crippen molar-refractivity contribution in [3.8, 4) is 0 Å². The van der Waals surface area contributed by atoms with E-state index >= 15 is 0 Å². The number of benzene rings is 1. The number of carbonyl (C=O) groups is 2. The fraction of sp³-hybridized carbons (Fsp3) is 0.714. The highest BCUT2D eigenvalue weighted by Crippen LogP contribution is 2.14. The predicted octanol–water partition coefficient (Wildman–Crippen LogP) is 8.28. The molecule has 1 aromatic carbocycles. The van der Waals surface area contributed by atoms with Crippen LogP contribution in [0.15, 0.2) is 24.3 Å². The minimum Gasteiger partial charge on any atom is -0.462 e. The Labute approximate surface area is 196 Å². The molecule has 0 bridgehead atoms. The van der Waals surface area contributed by atoms with Gasteiger partial charge >= 0.3 is 11.9 Å². The van der Waals surface area contributed by atoms with Crippen LogP contribution in [0.4, 0.5) is 0 Å². The zero-order valence-corrected chi connectivity index (χ0v) is 20.8. The molecule has 4 heteroatoms. The maximum atomic E-state index is 12.4. The lowest BCUT2D eigenvalue weighted by Crippen LogP contribution is -2.16. The molecule has 1 unspecified atom stereocenters. The molecule has 0 aliphatic rings. The van der Waals surface area contributed by atoms with E-state index in [0.29, 0.717) is 17.7 Å². The Morgan fingerprint density at radius 1 is 0.719 bits per heavy atom. The lowest BCUT2D eigenvalue weighted by atomic mass is 10.1. The van der Waals surface area contributed by atoms with Crippen molar-refractivity contribution < 1.29 is 19.1 Å². The topological polar surface area (TPSA) is 52.6 Å². The van der Waals surface area contributed by atoms with Gasteiger partial charge in [0.15, 0.2) is 0 Å². The van der Waals surface area contributed by atoms with Gasteiger partial charge in [-0.15, -0.1) is 0 Å². The van der Waals surface area contributed by atoms with Crippen molar-refractivity contribution >= 4 is 11.9 Å². The first-order chi connectivity index (χ1) is 15.6. The van der Waals surface area contributed by atoms with Crippen molar-refractivity contribution in [3.05, 3.63) is 35.4 Å². The molecule has 0 aliphatic heterocycles. The quantitative estimate of drug-likeness (QED) is 0.158. The monoisotopic (exact) mass is 446 g/mol. The smallest absolute Gasteiger partial charge is 0.338 e. The fourth-order valence-electron chi connectivity index (χ4n) is 3.78. The van der Waals surface area contributed by atoms with Crippen molar-refractivity contribution in [2.75, 3.05) is 6.61 Å². The van der Waals surface area contributed by atoms with Crippen LogP contribution in [0.25, 0.3) is 0 Å². The van der Waals surface area contributed by atoms with Crippen LogP contribution in [0.2, 0.25) is 0 Å². The van der Waals surface area contributed by atoms with Gasteiger partial charge in [0.25, 0.3) is 0 Å². The second kappa shape index (κ2) is 18.7. The molecular weight excluding hydrogens is 400 g/mol. The maximum absolute atomic E-state index is 12.4. The average Bonchev–Trinajstić information content (AvgIpc) is 2.80. The van der Waals surface area contributed by atoms with Crippen LogP contribution in [0.5, 0.6) is 0 Å². The molecule has 0 saturated heterocycles. The molecule has 32 heavy (non-hydrogen) atoms. The lowest BCUT2D eigenvalue weighted by molar-refractivity contribution is 0.0319. The summed E-state index contributed by atoms with van der Waals surface area (Å²) in [6.07, 6.45) is 17.8. The number of hydrogen-bond donors (Lipinski definition) is 0. The number of esters is 2. The maximum Gasteiger partial charge on any atom is 0.338 e. The normalized spacial score (nSPS) is 11.8. The molecule has 4 nitrogen and oxygen atoms in total. The SMILES string of the molecule is CCCCCCCCCCCCOC(=O)c1cccc(C(=O)OC(C)CCCCCC)c1. The number of hydrogen-bond acceptors (Lipinski definition) is 4. The highest BCUT2D eigenvalue weighted by atomic mass is 16.5. The van der Waals surface area contributed by atoms with Gasteiger partial charge < -0.3 is 9.47 Å². The van der Waals surface area contributed by atoms with Gasteiger partial charge in [0.1, 0.15) is 0 Å². The summed E-state index contributed by atoms with van der Waals surface area (Å²) in [5, 5.41) is 0. The second-order valence-electron chi connectivity index (χ2n) is 8.96. The van der Waals surface area contributed by atoms with Crippen LogP contribution in [-0.2, 0) is 9.47 Å². The average molecular weight is 447 g/mol. The molecule has 0 N–H and O–H groups in total. The summed E-state index contributed by atoms with van der Waals surface area (Å²) in [6.45, 7) is 6.78. The van der Waals surface area contributed by atoms with E-state index < -0.39 is 0 Å². The summed E-state index contributed by atoms with van der Waals surface area (Å²) >= 11 is 0. The summed E-state index contributed by atoms with van der Waals surface area (Å²) in [5.41, 5.74) is 0.806. The van der Waals surface area contributed by atoms with E-state index in [1.165, 1.54) is 70.6 Å². The molecule has 0 aromatic heterocycles. The Hall–Kier alpha value is -1.84. The predicted molar refractivity (Wildman–Crippen MR) is 132 cm³/mol. The third-order valence-corrected chi connectivity index (χ3v) is 5.84. The summed E-state index contributed by atoms with van der Waals surface area (Å²) in [5.74, 6) is -0.750. The number of unbranched alkanes of at least 4 members (excludes halogenated alkanes) is 12. The zero-order valence-electron chi connectivity index (χ0n) is 20.8. The van der Waals surface area contributed by atoms with Crippen molar-refractivity contribution in [1.29, 1.82) is 0 Å². The van der Waals surface area contributed by atoms with Gasteiger partial charge in [0.05, 0.1) is 23.8 Å². The van der Waals surface area contributed by atoms with Gasteiger partial charge in [0, 0.05) is 0 Å². The van der Waals surface area contributed by atoms with Gasteiger partial charge in [-0.25, -0.2) is 9.59 Å². The van der Waals surface area contributed by atoms with E-state index in [1.807, 2.05) is 6.92 Å². The molecule has 182 valence electrons. The van der Waals surface area contributed by atoms with Crippen molar-refractivity contribution in [1.82, 2.24) is 0 Å². The minimum absolute atomic E-state index is 0.119. The fourth-order valence-corrected chi connectivity index (χ4v) is 3.78. The number of ether oxygens (including phenoxy) is 2. The first-order valence-electron chi connectivity index (χ1n) is 13.1. The Balaban J connectivity index is 2.23. The van der Waals surface area contributed by atoms with E-state index in [4.69, 9.17) is 9.47 Å². The van der Waals surface area contributed by atoms with Crippen LogP contribution in [0.1, 0.15) is 138 Å². The van der Waals surface area contributed by atoms with E-state index in [0.717, 1.165) is 25.7 Å². The summed E-state index contributed by atoms with van der Waals surface area (Å²) in [6, 6.07) is 6.66. The zero-order chi connectivity index (χ0) is 23.4. The van der Waals surface area contributed by atoms with Gasteiger partial charge in [-0.05, 0) is 44.4 Å². The molecular formula is C28H46O4. The second-order valence-corrected chi connectivity index (χ2v) is 8.96. The van der Waals surface area contributed by atoms with Gasteiger partial charge in [-0.3, -0.25) is 0 Å². The van der Waals surface area contributed by atoms with Crippen LogP contribution < -0.4 is 0 Å². The number of carbonyl (C=O) groups excluding carboxylic acids is 2. The molecule has 1 atom stereocenters. The molecule has 0 heterocycles. The first-order valence-corrected chi connectivity index (χ1v) is 13.1. The molecule has 0 aliphatic carbocycles. The molecule has 0 spiro atoms. The Bertz CT molecular complexity index is 626. The third kappa shape index (κ3) is 13.5. The van der Waals surface area contributed by atoms with Gasteiger partial charge in [0.2, 0.25) is 0 Å². The third-order valence-electron chi connectivity index (χ3n) is 5.84. The Morgan fingerprint density at radius 3 is 1.81 bits per heavy atom. The Kier molecular flexibility index (Phi) is 16.5. The van der Waals surface area contributed by atoms with E-state index in [-0.39, 0.29) is 18.0 Å². The van der Waals surface area contributed by atoms with Crippen molar-refractivity contribution in [2.24, 2.45) is 0 Å². The lowest BCUT2D eigenvalue weighted by Gasteiger charge is -2.13. The first kappa shape index (κ1) is 28.2. The highest BCUT2D eigenvalue weighted by molar-refractivity contribution is 5.95. The molecule has 0 saturated carbocycles. The van der Waals surface area contributed by atoms with E-state index in [2.05, 4.69) is 13.8 Å². The molecule has 1 rings (SSSR count). The Morgan fingerprint density at radius 2 is 1.22 bits per heavy atom. The summed E-state index contributed by atoms with van der Waals surface area (Å²) in [4.78, 5) is 24.7.